The first-order valence-electron chi connectivity index (χ1n) is 8.65. The third-order valence-electron chi connectivity index (χ3n) is 4.59. The first-order valence-corrected chi connectivity index (χ1v) is 8.65. The fraction of sp³-hybridized carbons (Fsp3) is 0.316. The lowest BCUT2D eigenvalue weighted by Gasteiger charge is -2.30. The van der Waals surface area contributed by atoms with Crippen LogP contribution in [0, 0.1) is 10.1 Å². The zero-order valence-electron chi connectivity index (χ0n) is 14.4. The van der Waals surface area contributed by atoms with Crippen molar-refractivity contribution in [3.63, 3.8) is 0 Å². The number of rotatable bonds is 5. The van der Waals surface area contributed by atoms with Crippen LogP contribution in [0.4, 0.5) is 11.4 Å². The summed E-state index contributed by atoms with van der Waals surface area (Å²) < 4.78 is 0. The number of nitrogens with two attached hydrogens (primary N) is 1. The van der Waals surface area contributed by atoms with Crippen molar-refractivity contribution in [2.24, 2.45) is 5.73 Å². The molecule has 1 amide bonds. The number of carbonyl (C=O) groups excluding carboxylic acids is 1. The van der Waals surface area contributed by atoms with Gasteiger partial charge in [0, 0.05) is 37.3 Å². The summed E-state index contributed by atoms with van der Waals surface area (Å²) in [4.78, 5) is 25.3. The molecule has 1 fully saturated rings. The lowest BCUT2D eigenvalue weighted by molar-refractivity contribution is -0.384. The number of benzene rings is 2. The van der Waals surface area contributed by atoms with Crippen molar-refractivity contribution in [1.29, 1.82) is 0 Å². The van der Waals surface area contributed by atoms with E-state index in [-0.39, 0.29) is 17.6 Å². The monoisotopic (exact) mass is 354 g/mol. The Hall–Kier alpha value is -2.93. The number of anilines is 1. The first kappa shape index (κ1) is 17.9. The van der Waals surface area contributed by atoms with E-state index in [0.717, 1.165) is 18.4 Å². The molecule has 0 aliphatic carbocycles. The summed E-state index contributed by atoms with van der Waals surface area (Å²) in [7, 11) is 0. The van der Waals surface area contributed by atoms with Gasteiger partial charge in [0.15, 0.2) is 0 Å². The fourth-order valence-electron chi connectivity index (χ4n) is 3.04. The molecule has 0 bridgehead atoms. The van der Waals surface area contributed by atoms with Crippen molar-refractivity contribution >= 4 is 17.3 Å². The zero-order valence-corrected chi connectivity index (χ0v) is 14.4. The minimum Gasteiger partial charge on any atom is -0.375 e. The van der Waals surface area contributed by atoms with E-state index in [0.29, 0.717) is 30.9 Å². The minimum atomic E-state index is -0.462. The Balaban J connectivity index is 1.76. The summed E-state index contributed by atoms with van der Waals surface area (Å²) in [6.07, 6.45) is 1.51. The maximum atomic E-state index is 12.6. The third-order valence-corrected chi connectivity index (χ3v) is 4.59. The average molecular weight is 354 g/mol. The second kappa shape index (κ2) is 7.97. The van der Waals surface area contributed by atoms with E-state index in [4.69, 9.17) is 5.73 Å². The maximum Gasteiger partial charge on any atom is 0.293 e. The summed E-state index contributed by atoms with van der Waals surface area (Å²) in [5, 5.41) is 14.5. The van der Waals surface area contributed by atoms with Crippen LogP contribution in [-0.4, -0.2) is 34.9 Å². The van der Waals surface area contributed by atoms with Crippen LogP contribution in [-0.2, 0) is 6.54 Å². The highest BCUT2D eigenvalue weighted by Gasteiger charge is 2.24. The highest BCUT2D eigenvalue weighted by molar-refractivity contribution is 5.95. The molecule has 26 heavy (non-hydrogen) atoms. The van der Waals surface area contributed by atoms with E-state index in [1.807, 2.05) is 30.3 Å². The van der Waals surface area contributed by atoms with E-state index in [9.17, 15) is 14.9 Å². The average Bonchev–Trinajstić information content (AvgIpc) is 2.67. The molecular weight excluding hydrogens is 332 g/mol. The molecule has 1 saturated heterocycles. The maximum absolute atomic E-state index is 12.6. The number of likely N-dealkylation sites (tertiary alicyclic amines) is 1. The molecule has 2 aromatic rings. The number of nitrogens with one attached hydrogen (secondary N) is 1. The van der Waals surface area contributed by atoms with Gasteiger partial charge in [-0.05, 0) is 30.5 Å². The second-order valence-corrected chi connectivity index (χ2v) is 6.46. The molecule has 1 heterocycles. The second-order valence-electron chi connectivity index (χ2n) is 6.46. The highest BCUT2D eigenvalue weighted by atomic mass is 16.6. The first-order chi connectivity index (χ1) is 12.5. The molecule has 0 radical (unpaired) electrons. The molecule has 7 nitrogen and oxygen atoms in total. The summed E-state index contributed by atoms with van der Waals surface area (Å²) in [5.74, 6) is -0.186. The van der Waals surface area contributed by atoms with Gasteiger partial charge in [-0.25, -0.2) is 0 Å². The fourth-order valence-corrected chi connectivity index (χ4v) is 3.04. The van der Waals surface area contributed by atoms with Crippen LogP contribution in [0.1, 0.15) is 28.8 Å². The van der Waals surface area contributed by atoms with Crippen molar-refractivity contribution in [1.82, 2.24) is 4.90 Å². The van der Waals surface area contributed by atoms with Gasteiger partial charge in [-0.15, -0.1) is 0 Å². The van der Waals surface area contributed by atoms with Crippen molar-refractivity contribution in [2.75, 3.05) is 18.4 Å². The summed E-state index contributed by atoms with van der Waals surface area (Å²) in [6.45, 7) is 1.64. The lowest BCUT2D eigenvalue weighted by atomic mass is 10.0. The Labute approximate surface area is 152 Å². The molecule has 1 aliphatic rings. The van der Waals surface area contributed by atoms with Gasteiger partial charge in [0.05, 0.1) is 4.92 Å². The predicted molar refractivity (Wildman–Crippen MR) is 100.0 cm³/mol. The van der Waals surface area contributed by atoms with Gasteiger partial charge in [0.1, 0.15) is 5.69 Å². The van der Waals surface area contributed by atoms with Gasteiger partial charge >= 0.3 is 0 Å². The van der Waals surface area contributed by atoms with Gasteiger partial charge in [-0.1, -0.05) is 30.3 Å². The topological polar surface area (TPSA) is 102 Å². The quantitative estimate of drug-likeness (QED) is 0.635. The van der Waals surface area contributed by atoms with E-state index in [1.165, 1.54) is 6.07 Å². The van der Waals surface area contributed by atoms with Crippen LogP contribution in [0.3, 0.4) is 0 Å². The van der Waals surface area contributed by atoms with Gasteiger partial charge in [-0.3, -0.25) is 14.9 Å². The molecule has 0 saturated carbocycles. The Morgan fingerprint density at radius 3 is 2.54 bits per heavy atom. The van der Waals surface area contributed by atoms with Crippen molar-refractivity contribution in [3.05, 3.63) is 69.8 Å². The molecule has 0 spiro atoms. The number of hydrogen-bond acceptors (Lipinski definition) is 5. The summed E-state index contributed by atoms with van der Waals surface area (Å²) >= 11 is 0. The van der Waals surface area contributed by atoms with Crippen LogP contribution in [0.25, 0.3) is 0 Å². The Bertz CT molecular complexity index is 787. The Morgan fingerprint density at radius 2 is 1.88 bits per heavy atom. The van der Waals surface area contributed by atoms with Crippen LogP contribution in [0.2, 0.25) is 0 Å². The van der Waals surface area contributed by atoms with Crippen molar-refractivity contribution < 1.29 is 9.72 Å². The van der Waals surface area contributed by atoms with Gasteiger partial charge in [0.2, 0.25) is 0 Å². The number of nitrogens with zero attached hydrogens (tertiary/aromatic N) is 2. The molecule has 2 aromatic carbocycles. The van der Waals surface area contributed by atoms with Gasteiger partial charge in [0.25, 0.3) is 11.6 Å². The molecule has 0 atom stereocenters. The largest absolute Gasteiger partial charge is 0.375 e. The van der Waals surface area contributed by atoms with Crippen LogP contribution < -0.4 is 11.1 Å². The van der Waals surface area contributed by atoms with Gasteiger partial charge in [-0.2, -0.15) is 0 Å². The van der Waals surface area contributed by atoms with Crippen LogP contribution in [0.15, 0.2) is 48.5 Å². The normalized spacial score (nSPS) is 14.9. The molecule has 3 rings (SSSR count). The smallest absolute Gasteiger partial charge is 0.293 e. The Kier molecular flexibility index (Phi) is 5.48. The summed E-state index contributed by atoms with van der Waals surface area (Å²) in [6, 6.07) is 14.3. The highest BCUT2D eigenvalue weighted by Crippen LogP contribution is 2.27. The molecular formula is C19H22N4O3. The Morgan fingerprint density at radius 1 is 1.19 bits per heavy atom. The van der Waals surface area contributed by atoms with E-state index in [2.05, 4.69) is 5.32 Å². The SMILES string of the molecule is NC1CCN(C(=O)c2ccc(NCc3ccccc3)c([N+](=O)[O-])c2)CC1. The number of hydrogen-bond donors (Lipinski definition) is 2. The van der Waals surface area contributed by atoms with Gasteiger partial charge < -0.3 is 16.0 Å². The van der Waals surface area contributed by atoms with Crippen molar-refractivity contribution in [2.45, 2.75) is 25.4 Å². The molecule has 1 aliphatic heterocycles. The van der Waals surface area contributed by atoms with Crippen LogP contribution >= 0.6 is 0 Å². The van der Waals surface area contributed by atoms with E-state index >= 15 is 0 Å². The lowest BCUT2D eigenvalue weighted by Crippen LogP contribution is -2.42. The number of nitro groups is 1. The molecule has 0 aromatic heterocycles. The minimum absolute atomic E-state index is 0.0968. The standard InChI is InChI=1S/C19H22N4O3/c20-16-8-10-22(11-9-16)19(24)15-6-7-17(18(12-15)23(25)26)21-13-14-4-2-1-3-5-14/h1-7,12,16,21H,8-11,13,20H2. The number of amides is 1. The predicted octanol–water partition coefficient (Wildman–Crippen LogP) is 2.77. The molecule has 136 valence electrons. The van der Waals surface area contributed by atoms with Crippen LogP contribution in [0.5, 0.6) is 0 Å². The molecule has 7 heteroatoms. The summed E-state index contributed by atoms with van der Waals surface area (Å²) in [5.41, 5.74) is 7.52. The number of piperidine rings is 1. The molecule has 3 N–H and O–H groups in total. The van der Waals surface area contributed by atoms with E-state index < -0.39 is 4.92 Å². The van der Waals surface area contributed by atoms with E-state index in [1.54, 1.807) is 17.0 Å². The molecule has 0 unspecified atom stereocenters. The number of nitro benzene ring substituents is 1. The third kappa shape index (κ3) is 4.18. The van der Waals surface area contributed by atoms with Crippen molar-refractivity contribution in [3.8, 4) is 0 Å². The number of carbonyl (C=O) groups is 1. The zero-order chi connectivity index (χ0) is 18.5.